The summed E-state index contributed by atoms with van der Waals surface area (Å²) in [5.74, 6) is -0.384. The van der Waals surface area contributed by atoms with E-state index >= 15 is 0 Å². The second-order valence-electron chi connectivity index (χ2n) is 2.58. The van der Waals surface area contributed by atoms with Crippen molar-refractivity contribution in [2.24, 2.45) is 5.73 Å². The molecule has 0 fully saturated rings. The molecular formula is C8H15N3O. The first-order valence-corrected chi connectivity index (χ1v) is 4.07. The minimum absolute atomic E-state index is 0.169. The summed E-state index contributed by atoms with van der Waals surface area (Å²) in [6.07, 6.45) is 0.720. The van der Waals surface area contributed by atoms with Gasteiger partial charge in [0.25, 0.3) is 0 Å². The van der Waals surface area contributed by atoms with Gasteiger partial charge < -0.3 is 5.73 Å². The molecule has 0 aromatic rings. The molecule has 4 nitrogen and oxygen atoms in total. The monoisotopic (exact) mass is 169 g/mol. The molecule has 0 aliphatic rings. The molecule has 1 amide bonds. The van der Waals surface area contributed by atoms with Crippen LogP contribution in [0.25, 0.3) is 0 Å². The van der Waals surface area contributed by atoms with E-state index in [1.807, 2.05) is 13.8 Å². The van der Waals surface area contributed by atoms with E-state index in [1.54, 1.807) is 4.90 Å². The predicted molar refractivity (Wildman–Crippen MR) is 46.1 cm³/mol. The van der Waals surface area contributed by atoms with Gasteiger partial charge in [0, 0.05) is 0 Å². The lowest BCUT2D eigenvalue weighted by atomic mass is 10.2. The highest BCUT2D eigenvalue weighted by molar-refractivity contribution is 5.76. The average molecular weight is 169 g/mol. The molecule has 0 spiro atoms. The molecule has 68 valence electrons. The fourth-order valence-corrected chi connectivity index (χ4v) is 1.07. The normalized spacial score (nSPS) is 12.5. The van der Waals surface area contributed by atoms with E-state index in [4.69, 9.17) is 11.0 Å². The average Bonchev–Trinajstić information content (AvgIpc) is 2.04. The lowest BCUT2D eigenvalue weighted by molar-refractivity contribution is -0.119. The summed E-state index contributed by atoms with van der Waals surface area (Å²) in [5, 5.41) is 8.70. The fourth-order valence-electron chi connectivity index (χ4n) is 1.07. The number of nitriles is 1. The maximum Gasteiger partial charge on any atom is 0.231 e. The van der Waals surface area contributed by atoms with E-state index < -0.39 is 0 Å². The molecule has 0 aliphatic carbocycles. The quantitative estimate of drug-likeness (QED) is 0.634. The molecule has 4 heteroatoms. The summed E-state index contributed by atoms with van der Waals surface area (Å²) >= 11 is 0. The lowest BCUT2D eigenvalue weighted by Gasteiger charge is -2.22. The number of amides is 1. The molecule has 12 heavy (non-hydrogen) atoms. The van der Waals surface area contributed by atoms with Gasteiger partial charge in [0.05, 0.1) is 18.7 Å². The maximum atomic E-state index is 10.6. The first-order chi connectivity index (χ1) is 5.65. The Kier molecular flexibility index (Phi) is 5.06. The van der Waals surface area contributed by atoms with Gasteiger partial charge >= 0.3 is 0 Å². The summed E-state index contributed by atoms with van der Waals surface area (Å²) in [7, 11) is 0. The van der Waals surface area contributed by atoms with Crippen molar-refractivity contribution in [3.63, 3.8) is 0 Å². The molecule has 0 aromatic heterocycles. The Morgan fingerprint density at radius 1 is 1.67 bits per heavy atom. The van der Waals surface area contributed by atoms with Gasteiger partial charge in [-0.1, -0.05) is 13.8 Å². The lowest BCUT2D eigenvalue weighted by Crippen LogP contribution is -2.40. The molecular weight excluding hydrogens is 154 g/mol. The number of hydrogen-bond donors (Lipinski definition) is 1. The number of carbonyl (C=O) groups excluding carboxylic acids is 1. The number of carbonyl (C=O) groups is 1. The van der Waals surface area contributed by atoms with E-state index in [-0.39, 0.29) is 18.5 Å². The summed E-state index contributed by atoms with van der Waals surface area (Å²) in [5.41, 5.74) is 5.03. The van der Waals surface area contributed by atoms with E-state index in [9.17, 15) is 4.79 Å². The van der Waals surface area contributed by atoms with Crippen LogP contribution >= 0.6 is 0 Å². The van der Waals surface area contributed by atoms with Gasteiger partial charge in [-0.15, -0.1) is 0 Å². The Labute approximate surface area is 72.9 Å². The molecule has 0 aliphatic heterocycles. The van der Waals surface area contributed by atoms with Gasteiger partial charge in [-0.05, 0) is 13.0 Å². The summed E-state index contributed by atoms with van der Waals surface area (Å²) < 4.78 is 0. The Bertz CT molecular complexity index is 185. The van der Waals surface area contributed by atoms with Crippen molar-refractivity contribution < 1.29 is 4.79 Å². The van der Waals surface area contributed by atoms with Crippen LogP contribution in [0.1, 0.15) is 20.3 Å². The van der Waals surface area contributed by atoms with Crippen molar-refractivity contribution in [3.8, 4) is 6.07 Å². The zero-order valence-electron chi connectivity index (χ0n) is 7.58. The van der Waals surface area contributed by atoms with Crippen LogP contribution in [-0.4, -0.2) is 29.9 Å². The van der Waals surface area contributed by atoms with Crippen molar-refractivity contribution in [1.82, 2.24) is 4.90 Å². The zero-order chi connectivity index (χ0) is 9.56. The smallest absolute Gasteiger partial charge is 0.231 e. The van der Waals surface area contributed by atoms with Crippen LogP contribution in [0.3, 0.4) is 0 Å². The van der Waals surface area contributed by atoms with Gasteiger partial charge in [-0.3, -0.25) is 9.69 Å². The Morgan fingerprint density at radius 3 is 2.50 bits per heavy atom. The molecule has 2 N–H and O–H groups in total. The summed E-state index contributed by atoms with van der Waals surface area (Å²) in [4.78, 5) is 12.3. The van der Waals surface area contributed by atoms with Crippen LogP contribution in [-0.2, 0) is 4.79 Å². The molecule has 1 unspecified atom stereocenters. The molecule has 0 radical (unpaired) electrons. The second-order valence-corrected chi connectivity index (χ2v) is 2.58. The Balaban J connectivity index is 4.13. The predicted octanol–water partition coefficient (Wildman–Crippen LogP) is 0.0958. The van der Waals surface area contributed by atoms with Crippen molar-refractivity contribution in [2.45, 2.75) is 26.3 Å². The van der Waals surface area contributed by atoms with Gasteiger partial charge in [0.15, 0.2) is 0 Å². The molecule has 0 heterocycles. The van der Waals surface area contributed by atoms with Gasteiger partial charge in [-0.2, -0.15) is 5.26 Å². The number of rotatable bonds is 5. The van der Waals surface area contributed by atoms with E-state index in [0.717, 1.165) is 6.42 Å². The minimum atomic E-state index is -0.384. The highest BCUT2D eigenvalue weighted by Gasteiger charge is 2.15. The van der Waals surface area contributed by atoms with Gasteiger partial charge in [0.1, 0.15) is 0 Å². The van der Waals surface area contributed by atoms with Crippen molar-refractivity contribution in [3.05, 3.63) is 0 Å². The SMILES string of the molecule is CCC(C#N)N(CC)CC(N)=O. The molecule has 0 bridgehead atoms. The van der Waals surface area contributed by atoms with Crippen LogP contribution in [0.2, 0.25) is 0 Å². The molecule has 0 rings (SSSR count). The highest BCUT2D eigenvalue weighted by Crippen LogP contribution is 2.01. The number of nitrogens with two attached hydrogens (primary N) is 1. The maximum absolute atomic E-state index is 10.6. The van der Waals surface area contributed by atoms with E-state index in [2.05, 4.69) is 6.07 Å². The minimum Gasteiger partial charge on any atom is -0.369 e. The number of hydrogen-bond acceptors (Lipinski definition) is 3. The van der Waals surface area contributed by atoms with Crippen molar-refractivity contribution in [1.29, 1.82) is 5.26 Å². The van der Waals surface area contributed by atoms with Crippen LogP contribution in [0.5, 0.6) is 0 Å². The number of primary amides is 1. The number of nitrogens with zero attached hydrogens (tertiary/aromatic N) is 2. The first kappa shape index (κ1) is 10.9. The van der Waals surface area contributed by atoms with Crippen LogP contribution in [0.15, 0.2) is 0 Å². The largest absolute Gasteiger partial charge is 0.369 e. The van der Waals surface area contributed by atoms with Crippen LogP contribution in [0.4, 0.5) is 0 Å². The molecule has 0 saturated heterocycles. The Hall–Kier alpha value is -1.08. The second kappa shape index (κ2) is 5.56. The number of likely N-dealkylation sites (N-methyl/N-ethyl adjacent to an activating group) is 1. The third-order valence-corrected chi connectivity index (χ3v) is 1.74. The highest BCUT2D eigenvalue weighted by atomic mass is 16.1. The van der Waals surface area contributed by atoms with E-state index in [1.165, 1.54) is 0 Å². The topological polar surface area (TPSA) is 70.1 Å². The van der Waals surface area contributed by atoms with Gasteiger partial charge in [0.2, 0.25) is 5.91 Å². The molecule has 0 aromatic carbocycles. The van der Waals surface area contributed by atoms with Crippen molar-refractivity contribution in [2.75, 3.05) is 13.1 Å². The third-order valence-electron chi connectivity index (χ3n) is 1.74. The Morgan fingerprint density at radius 2 is 2.25 bits per heavy atom. The fraction of sp³-hybridized carbons (Fsp3) is 0.750. The zero-order valence-corrected chi connectivity index (χ0v) is 7.58. The molecule has 0 saturated carbocycles. The van der Waals surface area contributed by atoms with Crippen LogP contribution < -0.4 is 5.73 Å². The first-order valence-electron chi connectivity index (χ1n) is 4.07. The summed E-state index contributed by atoms with van der Waals surface area (Å²) in [6.45, 7) is 4.66. The van der Waals surface area contributed by atoms with Crippen LogP contribution in [0, 0.1) is 11.3 Å². The summed E-state index contributed by atoms with van der Waals surface area (Å²) in [6, 6.07) is 1.93. The van der Waals surface area contributed by atoms with E-state index in [0.29, 0.717) is 6.54 Å². The van der Waals surface area contributed by atoms with Gasteiger partial charge in [-0.25, -0.2) is 0 Å². The standard InChI is InChI=1S/C8H15N3O/c1-3-7(5-9)11(4-2)6-8(10)12/h7H,3-4,6H2,1-2H3,(H2,10,12). The third kappa shape index (κ3) is 3.35. The van der Waals surface area contributed by atoms with Crippen molar-refractivity contribution >= 4 is 5.91 Å². The molecule has 1 atom stereocenters.